The second-order valence-corrected chi connectivity index (χ2v) is 5.67. The van der Waals surface area contributed by atoms with Gasteiger partial charge in [-0.05, 0) is 43.9 Å². The maximum atomic E-state index is 13.5. The lowest BCUT2D eigenvalue weighted by atomic mass is 10.1. The Balaban J connectivity index is 2.36. The second kappa shape index (κ2) is 8.31. The zero-order valence-corrected chi connectivity index (χ0v) is 12.9. The van der Waals surface area contributed by atoms with Gasteiger partial charge in [0.2, 0.25) is 0 Å². The lowest BCUT2D eigenvalue weighted by Crippen LogP contribution is -2.25. The van der Waals surface area contributed by atoms with Crippen LogP contribution >= 0.6 is 0 Å². The van der Waals surface area contributed by atoms with E-state index < -0.39 is 0 Å². The summed E-state index contributed by atoms with van der Waals surface area (Å²) < 4.78 is 13.5. The van der Waals surface area contributed by atoms with Crippen molar-refractivity contribution in [1.82, 2.24) is 5.32 Å². The quantitative estimate of drug-likeness (QED) is 0.660. The number of unbranched alkanes of at least 4 members (excludes halogenated alkanes) is 3. The van der Waals surface area contributed by atoms with Crippen molar-refractivity contribution in [2.75, 3.05) is 0 Å². The first-order valence-electron chi connectivity index (χ1n) is 7.53. The van der Waals surface area contributed by atoms with E-state index in [1.807, 2.05) is 26.0 Å². The molecule has 1 aromatic carbocycles. The third-order valence-electron chi connectivity index (χ3n) is 3.64. The lowest BCUT2D eigenvalue weighted by Gasteiger charge is -2.14. The summed E-state index contributed by atoms with van der Waals surface area (Å²) >= 11 is 0. The number of benzene rings is 1. The van der Waals surface area contributed by atoms with Crippen LogP contribution in [0.25, 0.3) is 0 Å². The van der Waals surface area contributed by atoms with Gasteiger partial charge < -0.3 is 5.32 Å². The van der Waals surface area contributed by atoms with Gasteiger partial charge in [0.15, 0.2) is 0 Å². The summed E-state index contributed by atoms with van der Waals surface area (Å²) in [7, 11) is 0. The van der Waals surface area contributed by atoms with Gasteiger partial charge >= 0.3 is 0 Å². The number of rotatable bonds is 8. The molecule has 1 nitrogen and oxygen atoms in total. The van der Waals surface area contributed by atoms with E-state index >= 15 is 0 Å². The molecule has 0 aliphatic rings. The maximum Gasteiger partial charge on any atom is 0.129 e. The fraction of sp³-hybridized carbons (Fsp3) is 0.647. The highest BCUT2D eigenvalue weighted by Gasteiger charge is 2.06. The molecule has 0 saturated carbocycles. The van der Waals surface area contributed by atoms with Crippen LogP contribution in [0.4, 0.5) is 4.39 Å². The molecule has 0 spiro atoms. The lowest BCUT2D eigenvalue weighted by molar-refractivity contribution is 0.482. The van der Waals surface area contributed by atoms with Gasteiger partial charge in [-0.25, -0.2) is 4.39 Å². The summed E-state index contributed by atoms with van der Waals surface area (Å²) in [6, 6.07) is 4.42. The average molecular weight is 265 g/mol. The average Bonchev–Trinajstić information content (AvgIpc) is 2.38. The monoisotopic (exact) mass is 265 g/mol. The molecule has 2 heteroatoms. The zero-order valence-electron chi connectivity index (χ0n) is 12.9. The fourth-order valence-corrected chi connectivity index (χ4v) is 2.41. The molecule has 0 aliphatic carbocycles. The van der Waals surface area contributed by atoms with E-state index in [2.05, 4.69) is 19.2 Å². The van der Waals surface area contributed by atoms with E-state index in [4.69, 9.17) is 0 Å². The van der Waals surface area contributed by atoms with Crippen LogP contribution in [0.3, 0.4) is 0 Å². The van der Waals surface area contributed by atoms with Gasteiger partial charge in [0.25, 0.3) is 0 Å². The molecule has 108 valence electrons. The predicted molar refractivity (Wildman–Crippen MR) is 80.9 cm³/mol. The Morgan fingerprint density at radius 3 is 2.32 bits per heavy atom. The first-order valence-corrected chi connectivity index (χ1v) is 7.53. The van der Waals surface area contributed by atoms with Crippen LogP contribution in [0.1, 0.15) is 62.6 Å². The van der Waals surface area contributed by atoms with Crippen molar-refractivity contribution < 1.29 is 4.39 Å². The highest BCUT2D eigenvalue weighted by atomic mass is 19.1. The van der Waals surface area contributed by atoms with Gasteiger partial charge in [-0.3, -0.25) is 0 Å². The first-order chi connectivity index (χ1) is 9.04. The molecule has 1 aromatic rings. The molecule has 1 rings (SSSR count). The van der Waals surface area contributed by atoms with Gasteiger partial charge in [-0.15, -0.1) is 0 Å². The first kappa shape index (κ1) is 16.2. The van der Waals surface area contributed by atoms with Gasteiger partial charge in [0.05, 0.1) is 0 Å². The topological polar surface area (TPSA) is 12.0 Å². The highest BCUT2D eigenvalue weighted by Crippen LogP contribution is 2.15. The Labute approximate surface area is 117 Å². The summed E-state index contributed by atoms with van der Waals surface area (Å²) in [5.74, 6) is -0.0728. The van der Waals surface area contributed by atoms with Gasteiger partial charge in [0, 0.05) is 12.6 Å². The summed E-state index contributed by atoms with van der Waals surface area (Å²) in [6.45, 7) is 8.97. The standard InChI is InChI=1S/C17H28FN/c1-5-6-7-8-9-15(4)19-12-16-10-13(2)17(18)14(3)11-16/h10-11,15,19H,5-9,12H2,1-4H3. The van der Waals surface area contributed by atoms with Crippen molar-refractivity contribution in [3.63, 3.8) is 0 Å². The molecule has 0 fully saturated rings. The number of hydrogen-bond donors (Lipinski definition) is 1. The van der Waals surface area contributed by atoms with Gasteiger partial charge in [-0.2, -0.15) is 0 Å². The SMILES string of the molecule is CCCCCCC(C)NCc1cc(C)c(F)c(C)c1. The molecule has 0 saturated heterocycles. The molecule has 0 heterocycles. The van der Waals surface area contributed by atoms with Crippen LogP contribution in [0.2, 0.25) is 0 Å². The summed E-state index contributed by atoms with van der Waals surface area (Å²) in [6.07, 6.45) is 6.47. The van der Waals surface area contributed by atoms with Gasteiger partial charge in [-0.1, -0.05) is 44.7 Å². The Morgan fingerprint density at radius 1 is 1.11 bits per heavy atom. The molecular weight excluding hydrogens is 237 g/mol. The normalized spacial score (nSPS) is 12.7. The Morgan fingerprint density at radius 2 is 1.74 bits per heavy atom. The molecule has 1 unspecified atom stereocenters. The van der Waals surface area contributed by atoms with E-state index in [0.717, 1.165) is 17.7 Å². The van der Waals surface area contributed by atoms with Crippen molar-refractivity contribution in [3.8, 4) is 0 Å². The van der Waals surface area contributed by atoms with Crippen LogP contribution < -0.4 is 5.32 Å². The second-order valence-electron chi connectivity index (χ2n) is 5.67. The van der Waals surface area contributed by atoms with Gasteiger partial charge in [0.1, 0.15) is 5.82 Å². The largest absolute Gasteiger partial charge is 0.310 e. The number of nitrogens with one attached hydrogen (secondary N) is 1. The molecule has 0 radical (unpaired) electrons. The summed E-state index contributed by atoms with van der Waals surface area (Å²) in [4.78, 5) is 0. The predicted octanol–water partition coefficient (Wildman–Crippen LogP) is 4.89. The van der Waals surface area contributed by atoms with Crippen molar-refractivity contribution >= 4 is 0 Å². The van der Waals surface area contributed by atoms with Crippen LogP contribution in [0, 0.1) is 19.7 Å². The van der Waals surface area contributed by atoms with Crippen LogP contribution in [0.5, 0.6) is 0 Å². The number of aryl methyl sites for hydroxylation is 2. The molecule has 0 amide bonds. The third-order valence-corrected chi connectivity index (χ3v) is 3.64. The number of hydrogen-bond acceptors (Lipinski definition) is 1. The minimum Gasteiger partial charge on any atom is -0.310 e. The molecule has 0 bridgehead atoms. The van der Waals surface area contributed by atoms with Crippen molar-refractivity contribution in [1.29, 1.82) is 0 Å². The zero-order chi connectivity index (χ0) is 14.3. The van der Waals surface area contributed by atoms with E-state index in [9.17, 15) is 4.39 Å². The highest BCUT2D eigenvalue weighted by molar-refractivity contribution is 5.30. The number of halogens is 1. The molecular formula is C17H28FN. The van der Waals surface area contributed by atoms with Crippen LogP contribution in [0.15, 0.2) is 12.1 Å². The van der Waals surface area contributed by atoms with Crippen molar-refractivity contribution in [3.05, 3.63) is 34.6 Å². The Bertz CT molecular complexity index is 364. The molecule has 0 aromatic heterocycles. The minimum atomic E-state index is -0.0728. The summed E-state index contributed by atoms with van der Waals surface area (Å²) in [5.41, 5.74) is 2.66. The maximum absolute atomic E-state index is 13.5. The molecule has 19 heavy (non-hydrogen) atoms. The molecule has 1 N–H and O–H groups in total. The van der Waals surface area contributed by atoms with Crippen molar-refractivity contribution in [2.45, 2.75) is 72.4 Å². The van der Waals surface area contributed by atoms with Crippen molar-refractivity contribution in [2.24, 2.45) is 0 Å². The summed E-state index contributed by atoms with van der Waals surface area (Å²) in [5, 5.41) is 3.53. The third kappa shape index (κ3) is 5.73. The van der Waals surface area contributed by atoms with E-state index in [1.165, 1.54) is 37.7 Å². The van der Waals surface area contributed by atoms with E-state index in [0.29, 0.717) is 6.04 Å². The molecule has 0 aliphatic heterocycles. The van der Waals surface area contributed by atoms with E-state index in [1.54, 1.807) is 0 Å². The van der Waals surface area contributed by atoms with Crippen LogP contribution in [-0.2, 0) is 6.54 Å². The minimum absolute atomic E-state index is 0.0728. The van der Waals surface area contributed by atoms with Crippen LogP contribution in [-0.4, -0.2) is 6.04 Å². The Hall–Kier alpha value is -0.890. The molecule has 1 atom stereocenters. The Kier molecular flexibility index (Phi) is 7.07. The smallest absolute Gasteiger partial charge is 0.129 e. The fourth-order valence-electron chi connectivity index (χ4n) is 2.41. The van der Waals surface area contributed by atoms with E-state index in [-0.39, 0.29) is 5.82 Å².